The highest BCUT2D eigenvalue weighted by molar-refractivity contribution is 7.92. The Morgan fingerprint density at radius 3 is 2.35 bits per heavy atom. The molecule has 0 N–H and O–H groups in total. The molecule has 1 heterocycles. The van der Waals surface area contributed by atoms with Gasteiger partial charge in [0.2, 0.25) is 0 Å². The predicted molar refractivity (Wildman–Crippen MR) is 124 cm³/mol. The molecule has 0 bridgehead atoms. The first-order valence-electron chi connectivity index (χ1n) is 10.9. The van der Waals surface area contributed by atoms with Crippen LogP contribution in [0.4, 0.5) is 9.18 Å². The molecule has 1 aromatic carbocycles. The number of rotatable bonds is 8. The molecule has 0 spiro atoms. The van der Waals surface area contributed by atoms with Gasteiger partial charge < -0.3 is 9.47 Å². The minimum Gasteiger partial charge on any atom is -0.497 e. The number of benzene rings is 1. The van der Waals surface area contributed by atoms with Crippen LogP contribution in [0, 0.1) is 11.3 Å². The maximum absolute atomic E-state index is 14.3. The number of hydroxylamine groups is 2. The molecule has 1 aliphatic heterocycles. The molecule has 2 rings (SSSR count). The fourth-order valence-corrected chi connectivity index (χ4v) is 5.07. The number of ether oxygens (including phenoxy) is 2. The Balaban J connectivity index is 2.40. The number of hydrogen-bond donors (Lipinski definition) is 0. The lowest BCUT2D eigenvalue weighted by molar-refractivity contribution is -0.221. The molecule has 11 heteroatoms. The van der Waals surface area contributed by atoms with Crippen molar-refractivity contribution in [2.45, 2.75) is 75.6 Å². The number of alkyl halides is 1. The Morgan fingerprint density at radius 1 is 1.26 bits per heavy atom. The second-order valence-corrected chi connectivity index (χ2v) is 12.4. The summed E-state index contributed by atoms with van der Waals surface area (Å²) in [6.07, 6.45) is -3.59. The smallest absolute Gasteiger partial charge is 0.434 e. The number of sulfone groups is 1. The number of nitriles is 1. The van der Waals surface area contributed by atoms with Crippen LogP contribution in [-0.2, 0) is 25.2 Å². The third kappa shape index (κ3) is 6.58. The number of amides is 1. The van der Waals surface area contributed by atoms with E-state index < -0.39 is 44.7 Å². The standard InChI is InChI=1S/C23H34FN3O6S/c1-22(2,3)32-21(28)26(6)33-20(27-14-17(24)12-18(27)13-25)23(4,5)34(29,30)15-16-8-10-19(31-7)11-9-16/h8-11,17-18,20H,12,14-15H2,1-7H3/t17-,18-,20?/m0/s1. The summed E-state index contributed by atoms with van der Waals surface area (Å²) in [6.45, 7) is 7.73. The molecular formula is C23H34FN3O6S. The molecule has 190 valence electrons. The van der Waals surface area contributed by atoms with E-state index in [-0.39, 0.29) is 18.7 Å². The number of nitrogens with zero attached hydrogens (tertiary/aromatic N) is 3. The van der Waals surface area contributed by atoms with Gasteiger partial charge in [-0.05, 0) is 52.3 Å². The zero-order chi connectivity index (χ0) is 25.9. The van der Waals surface area contributed by atoms with Gasteiger partial charge in [-0.25, -0.2) is 22.4 Å². The second kappa shape index (κ2) is 10.5. The second-order valence-electron chi connectivity index (χ2n) is 9.82. The predicted octanol–water partition coefficient (Wildman–Crippen LogP) is 3.45. The van der Waals surface area contributed by atoms with Crippen LogP contribution in [0.25, 0.3) is 0 Å². The van der Waals surface area contributed by atoms with Gasteiger partial charge in [0.05, 0.1) is 18.9 Å². The first-order chi connectivity index (χ1) is 15.6. The number of likely N-dealkylation sites (tertiary alicyclic amines) is 1. The molecular weight excluding hydrogens is 465 g/mol. The van der Waals surface area contributed by atoms with Crippen LogP contribution in [0.15, 0.2) is 24.3 Å². The summed E-state index contributed by atoms with van der Waals surface area (Å²) in [5.74, 6) is 0.257. The van der Waals surface area contributed by atoms with Crippen molar-refractivity contribution in [2.75, 3.05) is 20.7 Å². The van der Waals surface area contributed by atoms with Crippen LogP contribution in [-0.4, -0.2) is 74.0 Å². The van der Waals surface area contributed by atoms with Crippen molar-refractivity contribution in [3.05, 3.63) is 29.8 Å². The van der Waals surface area contributed by atoms with Gasteiger partial charge in [-0.1, -0.05) is 12.1 Å². The molecule has 0 saturated carbocycles. The Bertz CT molecular complexity index is 1000. The van der Waals surface area contributed by atoms with Crippen LogP contribution in [0.2, 0.25) is 0 Å². The molecule has 1 aromatic rings. The van der Waals surface area contributed by atoms with Gasteiger partial charge in [0, 0.05) is 20.0 Å². The third-order valence-electron chi connectivity index (χ3n) is 5.56. The zero-order valence-electron chi connectivity index (χ0n) is 20.7. The quantitative estimate of drug-likeness (QED) is 0.501. The molecule has 1 amide bonds. The largest absolute Gasteiger partial charge is 0.497 e. The zero-order valence-corrected chi connectivity index (χ0v) is 21.6. The molecule has 1 aliphatic rings. The molecule has 0 aliphatic carbocycles. The number of carbonyl (C=O) groups excluding carboxylic acids is 1. The highest BCUT2D eigenvalue weighted by Gasteiger charge is 2.51. The van der Waals surface area contributed by atoms with Crippen LogP contribution in [0.1, 0.15) is 46.6 Å². The number of hydrogen-bond acceptors (Lipinski definition) is 8. The van der Waals surface area contributed by atoms with Crippen molar-refractivity contribution >= 4 is 15.9 Å². The van der Waals surface area contributed by atoms with E-state index in [1.165, 1.54) is 32.9 Å². The molecule has 1 unspecified atom stereocenters. The van der Waals surface area contributed by atoms with Crippen molar-refractivity contribution in [1.29, 1.82) is 5.26 Å². The van der Waals surface area contributed by atoms with Crippen LogP contribution >= 0.6 is 0 Å². The maximum Gasteiger partial charge on any atom is 0.434 e. The monoisotopic (exact) mass is 499 g/mol. The van der Waals surface area contributed by atoms with Gasteiger partial charge in [0.1, 0.15) is 28.3 Å². The first-order valence-corrected chi connectivity index (χ1v) is 12.5. The normalized spacial score (nSPS) is 20.4. The molecule has 0 aromatic heterocycles. The van der Waals surface area contributed by atoms with Gasteiger partial charge in [-0.3, -0.25) is 4.90 Å². The minimum atomic E-state index is -3.94. The molecule has 3 atom stereocenters. The fraction of sp³-hybridized carbons (Fsp3) is 0.652. The molecule has 0 radical (unpaired) electrons. The van der Waals surface area contributed by atoms with Crippen molar-refractivity contribution in [1.82, 2.24) is 9.96 Å². The number of methoxy groups -OCH3 is 1. The van der Waals surface area contributed by atoms with Crippen molar-refractivity contribution in [2.24, 2.45) is 0 Å². The van der Waals surface area contributed by atoms with Crippen molar-refractivity contribution in [3.8, 4) is 11.8 Å². The SMILES string of the molecule is COc1ccc(CS(=O)(=O)C(C)(C)C(ON(C)C(=O)OC(C)(C)C)N2C[C@@H](F)C[C@H]2C#N)cc1. The summed E-state index contributed by atoms with van der Waals surface area (Å²) >= 11 is 0. The topological polar surface area (TPSA) is 109 Å². The van der Waals surface area contributed by atoms with E-state index in [0.717, 1.165) is 5.06 Å². The average Bonchev–Trinajstić information content (AvgIpc) is 3.10. The van der Waals surface area contributed by atoms with Gasteiger partial charge in [-0.2, -0.15) is 10.3 Å². The lowest BCUT2D eigenvalue weighted by atomic mass is 10.1. The van der Waals surface area contributed by atoms with E-state index in [1.807, 2.05) is 6.07 Å². The lowest BCUT2D eigenvalue weighted by Gasteiger charge is -2.41. The highest BCUT2D eigenvalue weighted by atomic mass is 32.2. The van der Waals surface area contributed by atoms with E-state index in [1.54, 1.807) is 45.0 Å². The Hall–Kier alpha value is -2.42. The van der Waals surface area contributed by atoms with Gasteiger partial charge in [0.15, 0.2) is 16.1 Å². The van der Waals surface area contributed by atoms with Gasteiger partial charge >= 0.3 is 6.09 Å². The maximum atomic E-state index is 14.3. The summed E-state index contributed by atoms with van der Waals surface area (Å²) in [5.41, 5.74) is -0.290. The first kappa shape index (κ1) is 27.8. The number of carbonyl (C=O) groups is 1. The van der Waals surface area contributed by atoms with E-state index >= 15 is 0 Å². The van der Waals surface area contributed by atoms with E-state index in [9.17, 15) is 22.9 Å². The van der Waals surface area contributed by atoms with E-state index in [4.69, 9.17) is 14.3 Å². The van der Waals surface area contributed by atoms with E-state index in [2.05, 4.69) is 0 Å². The highest BCUT2D eigenvalue weighted by Crippen LogP contribution is 2.35. The van der Waals surface area contributed by atoms with Crippen molar-refractivity contribution in [3.63, 3.8) is 0 Å². The summed E-state index contributed by atoms with van der Waals surface area (Å²) in [4.78, 5) is 19.7. The van der Waals surface area contributed by atoms with Crippen LogP contribution in [0.3, 0.4) is 0 Å². The van der Waals surface area contributed by atoms with Gasteiger partial charge in [-0.15, -0.1) is 0 Å². The summed E-state index contributed by atoms with van der Waals surface area (Å²) in [6, 6.07) is 7.69. The van der Waals surface area contributed by atoms with Crippen LogP contribution in [0.5, 0.6) is 5.75 Å². The number of halogens is 1. The molecule has 1 saturated heterocycles. The Morgan fingerprint density at radius 2 is 1.85 bits per heavy atom. The molecule has 34 heavy (non-hydrogen) atoms. The fourth-order valence-electron chi connectivity index (χ4n) is 3.58. The summed E-state index contributed by atoms with van der Waals surface area (Å²) < 4.78 is 50.2. The molecule has 1 fully saturated rings. The molecule has 9 nitrogen and oxygen atoms in total. The van der Waals surface area contributed by atoms with Crippen LogP contribution < -0.4 is 4.74 Å². The Labute approximate surface area is 201 Å². The summed E-state index contributed by atoms with van der Waals surface area (Å²) in [5, 5.41) is 10.4. The van der Waals surface area contributed by atoms with Gasteiger partial charge in [0.25, 0.3) is 0 Å². The third-order valence-corrected chi connectivity index (χ3v) is 8.08. The summed E-state index contributed by atoms with van der Waals surface area (Å²) in [7, 11) is -1.14. The van der Waals surface area contributed by atoms with Crippen molar-refractivity contribution < 1.29 is 31.9 Å². The minimum absolute atomic E-state index is 0.0822. The average molecular weight is 500 g/mol. The van der Waals surface area contributed by atoms with E-state index in [0.29, 0.717) is 11.3 Å². The lowest BCUT2D eigenvalue weighted by Crippen LogP contribution is -2.59. The Kier molecular flexibility index (Phi) is 8.56.